The topological polar surface area (TPSA) is 72.7 Å². The maximum absolute atomic E-state index is 12.3. The van der Waals surface area contributed by atoms with E-state index in [1.54, 1.807) is 29.1 Å². The number of amides is 1. The second-order valence-corrected chi connectivity index (χ2v) is 8.08. The number of aryl methyl sites for hydroxylation is 1. The van der Waals surface area contributed by atoms with Crippen LogP contribution < -0.4 is 5.32 Å². The molecule has 4 rings (SSSR count). The van der Waals surface area contributed by atoms with Gasteiger partial charge in [-0.3, -0.25) is 4.79 Å². The highest BCUT2D eigenvalue weighted by Gasteiger charge is 2.14. The molecule has 1 amide bonds. The number of fused-ring (bicyclic) bond motifs is 1. The smallest absolute Gasteiger partial charge is 0.234 e. The maximum Gasteiger partial charge on any atom is 0.234 e. The zero-order valence-corrected chi connectivity index (χ0v) is 17.6. The van der Waals surface area contributed by atoms with Gasteiger partial charge in [-0.2, -0.15) is 5.10 Å². The summed E-state index contributed by atoms with van der Waals surface area (Å²) in [5.41, 5.74) is 3.24. The van der Waals surface area contributed by atoms with Crippen LogP contribution in [0.4, 0.5) is 5.69 Å². The number of rotatable bonds is 5. The highest BCUT2D eigenvalue weighted by Crippen LogP contribution is 2.28. The number of hydrogen-bond donors (Lipinski definition) is 1. The lowest BCUT2D eigenvalue weighted by atomic mass is 10.2. The highest BCUT2D eigenvalue weighted by molar-refractivity contribution is 8.00. The number of thioether (sulfide) groups is 1. The average molecular weight is 444 g/mol. The van der Waals surface area contributed by atoms with E-state index in [1.165, 1.54) is 23.7 Å². The largest absolute Gasteiger partial charge is 0.324 e. The minimum absolute atomic E-state index is 0.157. The fraction of sp³-hybridized carbons (Fsp3) is 0.100. The van der Waals surface area contributed by atoms with Crippen molar-refractivity contribution in [2.75, 3.05) is 11.1 Å². The van der Waals surface area contributed by atoms with Crippen LogP contribution in [0.5, 0.6) is 0 Å². The van der Waals surface area contributed by atoms with Gasteiger partial charge in [0.05, 0.1) is 33.7 Å². The van der Waals surface area contributed by atoms with Crippen molar-refractivity contribution in [2.24, 2.45) is 0 Å². The third kappa shape index (κ3) is 4.37. The van der Waals surface area contributed by atoms with Crippen LogP contribution in [0.1, 0.15) is 5.56 Å². The molecule has 1 N–H and O–H groups in total. The fourth-order valence-electron chi connectivity index (χ4n) is 2.73. The van der Waals surface area contributed by atoms with E-state index in [9.17, 15) is 4.79 Å². The third-order valence-corrected chi connectivity index (χ3v) is 5.72. The van der Waals surface area contributed by atoms with Gasteiger partial charge in [-0.1, -0.05) is 52.7 Å². The zero-order chi connectivity index (χ0) is 20.4. The van der Waals surface area contributed by atoms with Gasteiger partial charge in [0.15, 0.2) is 5.65 Å². The molecule has 2 heterocycles. The molecule has 0 aliphatic carbocycles. The van der Waals surface area contributed by atoms with E-state index in [1.807, 2.05) is 31.2 Å². The number of halogens is 2. The maximum atomic E-state index is 12.3. The van der Waals surface area contributed by atoms with Gasteiger partial charge in [-0.05, 0) is 37.3 Å². The van der Waals surface area contributed by atoms with Crippen LogP contribution >= 0.6 is 35.0 Å². The molecule has 0 unspecified atom stereocenters. The van der Waals surface area contributed by atoms with Crippen LogP contribution in [0.25, 0.3) is 16.7 Å². The lowest BCUT2D eigenvalue weighted by molar-refractivity contribution is -0.113. The lowest BCUT2D eigenvalue weighted by Gasteiger charge is -2.08. The third-order valence-electron chi connectivity index (χ3n) is 4.15. The first kappa shape index (κ1) is 19.7. The Morgan fingerprint density at radius 2 is 1.93 bits per heavy atom. The SMILES string of the molecule is Cc1ccc(-n2ncc3c(SCC(=O)Nc4cc(Cl)ccc4Cl)ncnc32)cc1. The summed E-state index contributed by atoms with van der Waals surface area (Å²) in [6.07, 6.45) is 3.19. The van der Waals surface area contributed by atoms with E-state index in [4.69, 9.17) is 23.2 Å². The predicted molar refractivity (Wildman–Crippen MR) is 117 cm³/mol. The Bertz CT molecular complexity index is 1190. The molecule has 0 spiro atoms. The van der Waals surface area contributed by atoms with Crippen molar-refractivity contribution in [2.45, 2.75) is 11.9 Å². The summed E-state index contributed by atoms with van der Waals surface area (Å²) in [6, 6.07) is 12.9. The molecule has 29 heavy (non-hydrogen) atoms. The number of carbonyl (C=O) groups excluding carboxylic acids is 1. The zero-order valence-electron chi connectivity index (χ0n) is 15.3. The van der Waals surface area contributed by atoms with Gasteiger partial charge >= 0.3 is 0 Å². The number of carbonyl (C=O) groups is 1. The van der Waals surface area contributed by atoms with E-state index < -0.39 is 0 Å². The van der Waals surface area contributed by atoms with Crippen molar-refractivity contribution in [1.82, 2.24) is 19.7 Å². The number of benzene rings is 2. The standard InChI is InChI=1S/C20H15Cl2N5OS/c1-12-2-5-14(6-3-12)27-19-15(9-25-27)20(24-11-23-19)29-10-18(28)26-17-8-13(21)4-7-16(17)22/h2-9,11H,10H2,1H3,(H,26,28). The number of aromatic nitrogens is 4. The Balaban J connectivity index is 1.52. The van der Waals surface area contributed by atoms with Gasteiger partial charge in [0.2, 0.25) is 5.91 Å². The monoisotopic (exact) mass is 443 g/mol. The Labute approximate surface area is 181 Å². The molecule has 0 aliphatic rings. The first-order valence-corrected chi connectivity index (χ1v) is 10.4. The van der Waals surface area contributed by atoms with E-state index in [-0.39, 0.29) is 11.7 Å². The molecule has 4 aromatic rings. The van der Waals surface area contributed by atoms with Gasteiger partial charge in [0.25, 0.3) is 0 Å². The molecule has 0 bridgehead atoms. The summed E-state index contributed by atoms with van der Waals surface area (Å²) < 4.78 is 1.76. The molecule has 9 heteroatoms. The summed E-state index contributed by atoms with van der Waals surface area (Å²) >= 11 is 13.4. The molecular weight excluding hydrogens is 429 g/mol. The van der Waals surface area contributed by atoms with Crippen molar-refractivity contribution in [3.8, 4) is 5.69 Å². The Morgan fingerprint density at radius 1 is 1.14 bits per heavy atom. The van der Waals surface area contributed by atoms with Crippen molar-refractivity contribution >= 4 is 57.6 Å². The molecule has 2 aromatic carbocycles. The first-order chi connectivity index (χ1) is 14.0. The molecule has 0 saturated heterocycles. The molecule has 0 atom stereocenters. The molecule has 2 aromatic heterocycles. The van der Waals surface area contributed by atoms with Crippen LogP contribution in [0.15, 0.2) is 60.0 Å². The second kappa shape index (κ2) is 8.41. The molecule has 146 valence electrons. The van der Waals surface area contributed by atoms with Crippen LogP contribution in [0.3, 0.4) is 0 Å². The Morgan fingerprint density at radius 3 is 2.72 bits per heavy atom. The van der Waals surface area contributed by atoms with Crippen LogP contribution in [-0.4, -0.2) is 31.4 Å². The van der Waals surface area contributed by atoms with E-state index in [0.717, 1.165) is 11.1 Å². The lowest BCUT2D eigenvalue weighted by Crippen LogP contribution is -2.14. The van der Waals surface area contributed by atoms with Crippen molar-refractivity contribution in [3.05, 3.63) is 70.6 Å². The molecular formula is C20H15Cl2N5OS. The fourth-order valence-corrected chi connectivity index (χ4v) is 3.82. The summed E-state index contributed by atoms with van der Waals surface area (Å²) in [5, 5.41) is 9.60. The molecule has 0 aliphatic heterocycles. The van der Waals surface area contributed by atoms with Gasteiger partial charge in [0, 0.05) is 5.02 Å². The van der Waals surface area contributed by atoms with E-state index >= 15 is 0 Å². The highest BCUT2D eigenvalue weighted by atomic mass is 35.5. The second-order valence-electron chi connectivity index (χ2n) is 6.27. The predicted octanol–water partition coefficient (Wildman–Crippen LogP) is 5.16. The normalized spacial score (nSPS) is 11.0. The molecule has 0 radical (unpaired) electrons. The Hall–Kier alpha value is -2.61. The molecule has 0 saturated carbocycles. The number of hydrogen-bond acceptors (Lipinski definition) is 5. The summed E-state index contributed by atoms with van der Waals surface area (Å²) in [6.45, 7) is 2.03. The van der Waals surface area contributed by atoms with Crippen molar-refractivity contribution in [3.63, 3.8) is 0 Å². The summed E-state index contributed by atoms with van der Waals surface area (Å²) in [7, 11) is 0. The summed E-state index contributed by atoms with van der Waals surface area (Å²) in [4.78, 5) is 21.0. The number of nitrogens with one attached hydrogen (secondary N) is 1. The van der Waals surface area contributed by atoms with E-state index in [0.29, 0.717) is 26.4 Å². The van der Waals surface area contributed by atoms with Crippen molar-refractivity contribution < 1.29 is 4.79 Å². The summed E-state index contributed by atoms with van der Waals surface area (Å²) in [5.74, 6) is -0.0538. The van der Waals surface area contributed by atoms with E-state index in [2.05, 4.69) is 20.4 Å². The van der Waals surface area contributed by atoms with Gasteiger partial charge in [0.1, 0.15) is 11.4 Å². The average Bonchev–Trinajstić information content (AvgIpc) is 3.14. The number of anilines is 1. The van der Waals surface area contributed by atoms with Gasteiger partial charge in [-0.25, -0.2) is 14.6 Å². The quantitative estimate of drug-likeness (QED) is 0.340. The minimum atomic E-state index is -0.211. The minimum Gasteiger partial charge on any atom is -0.324 e. The Kier molecular flexibility index (Phi) is 5.71. The molecule has 0 fully saturated rings. The molecule has 6 nitrogen and oxygen atoms in total. The van der Waals surface area contributed by atoms with Crippen LogP contribution in [0, 0.1) is 6.92 Å². The van der Waals surface area contributed by atoms with Gasteiger partial charge < -0.3 is 5.32 Å². The van der Waals surface area contributed by atoms with Crippen LogP contribution in [-0.2, 0) is 4.79 Å². The first-order valence-electron chi connectivity index (χ1n) is 8.65. The number of nitrogens with zero attached hydrogens (tertiary/aromatic N) is 4. The van der Waals surface area contributed by atoms with Crippen LogP contribution in [0.2, 0.25) is 10.0 Å². The van der Waals surface area contributed by atoms with Gasteiger partial charge in [-0.15, -0.1) is 0 Å². The van der Waals surface area contributed by atoms with Crippen molar-refractivity contribution in [1.29, 1.82) is 0 Å².